The largest absolute Gasteiger partial charge is 0.496 e. The third kappa shape index (κ3) is 3.61. The van der Waals surface area contributed by atoms with Gasteiger partial charge < -0.3 is 14.5 Å². The van der Waals surface area contributed by atoms with Crippen LogP contribution in [0.1, 0.15) is 34.8 Å². The van der Waals surface area contributed by atoms with E-state index in [0.29, 0.717) is 42.5 Å². The standard InChI is InChI=1S/C17H23ClN2O3/c1-11-10-14(23-4)15(12(2)16(11)18)17(22)20-7-5-6-19(8-9-20)13(3)21/h10H,5-9H2,1-4H3. The van der Waals surface area contributed by atoms with E-state index < -0.39 is 0 Å². The van der Waals surface area contributed by atoms with E-state index in [1.807, 2.05) is 13.8 Å². The van der Waals surface area contributed by atoms with Crippen molar-refractivity contribution >= 4 is 23.4 Å². The Morgan fingerprint density at radius 3 is 2.35 bits per heavy atom. The van der Waals surface area contributed by atoms with Gasteiger partial charge in [0, 0.05) is 38.1 Å². The van der Waals surface area contributed by atoms with E-state index in [2.05, 4.69) is 0 Å². The van der Waals surface area contributed by atoms with E-state index >= 15 is 0 Å². The molecule has 0 atom stereocenters. The summed E-state index contributed by atoms with van der Waals surface area (Å²) >= 11 is 6.31. The predicted molar refractivity (Wildman–Crippen MR) is 90.3 cm³/mol. The first kappa shape index (κ1) is 17.6. The number of carbonyl (C=O) groups excluding carboxylic acids is 2. The number of amides is 2. The summed E-state index contributed by atoms with van der Waals surface area (Å²) in [6.45, 7) is 7.67. The molecule has 126 valence electrons. The van der Waals surface area contributed by atoms with Crippen LogP contribution in [0.2, 0.25) is 5.02 Å². The number of benzene rings is 1. The molecule has 1 heterocycles. The zero-order valence-corrected chi connectivity index (χ0v) is 14.9. The summed E-state index contributed by atoms with van der Waals surface area (Å²) in [5.41, 5.74) is 2.14. The number of nitrogens with zero attached hydrogens (tertiary/aromatic N) is 2. The third-order valence-corrected chi connectivity index (χ3v) is 4.89. The van der Waals surface area contributed by atoms with Crippen LogP contribution >= 0.6 is 11.6 Å². The quantitative estimate of drug-likeness (QED) is 0.833. The summed E-state index contributed by atoms with van der Waals surface area (Å²) in [6, 6.07) is 1.79. The van der Waals surface area contributed by atoms with E-state index in [9.17, 15) is 9.59 Å². The molecular formula is C17H23ClN2O3. The Kier molecular flexibility index (Phi) is 5.52. The van der Waals surface area contributed by atoms with Crippen molar-refractivity contribution in [2.24, 2.45) is 0 Å². The fourth-order valence-corrected chi connectivity index (χ4v) is 3.09. The average molecular weight is 339 g/mol. The zero-order chi connectivity index (χ0) is 17.1. The number of halogens is 1. The molecule has 1 fully saturated rings. The first-order chi connectivity index (χ1) is 10.9. The van der Waals surface area contributed by atoms with Gasteiger partial charge in [-0.15, -0.1) is 0 Å². The number of rotatable bonds is 2. The molecule has 6 heteroatoms. The predicted octanol–water partition coefficient (Wildman–Crippen LogP) is 2.66. The number of carbonyl (C=O) groups is 2. The molecule has 0 aromatic heterocycles. The molecule has 0 spiro atoms. The van der Waals surface area contributed by atoms with Gasteiger partial charge in [-0.1, -0.05) is 11.6 Å². The van der Waals surface area contributed by atoms with Crippen molar-refractivity contribution in [1.82, 2.24) is 9.80 Å². The lowest BCUT2D eigenvalue weighted by Gasteiger charge is -2.24. The summed E-state index contributed by atoms with van der Waals surface area (Å²) in [6.07, 6.45) is 0.770. The van der Waals surface area contributed by atoms with Crippen LogP contribution < -0.4 is 4.74 Å². The van der Waals surface area contributed by atoms with Crippen LogP contribution in [0.25, 0.3) is 0 Å². The van der Waals surface area contributed by atoms with Crippen LogP contribution in [-0.2, 0) is 4.79 Å². The molecule has 1 aliphatic rings. The van der Waals surface area contributed by atoms with Gasteiger partial charge >= 0.3 is 0 Å². The Morgan fingerprint density at radius 1 is 1.13 bits per heavy atom. The molecule has 0 N–H and O–H groups in total. The molecule has 1 saturated heterocycles. The minimum absolute atomic E-state index is 0.0476. The minimum Gasteiger partial charge on any atom is -0.496 e. The number of hydrogen-bond donors (Lipinski definition) is 0. The molecule has 5 nitrogen and oxygen atoms in total. The molecule has 2 amide bonds. The second kappa shape index (κ2) is 7.21. The number of methoxy groups -OCH3 is 1. The number of hydrogen-bond acceptors (Lipinski definition) is 3. The lowest BCUT2D eigenvalue weighted by molar-refractivity contribution is -0.128. The highest BCUT2D eigenvalue weighted by atomic mass is 35.5. The van der Waals surface area contributed by atoms with Crippen molar-refractivity contribution in [2.45, 2.75) is 27.2 Å². The Bertz CT molecular complexity index is 631. The first-order valence-electron chi connectivity index (χ1n) is 7.75. The highest BCUT2D eigenvalue weighted by Gasteiger charge is 2.26. The molecule has 0 radical (unpaired) electrons. The van der Waals surface area contributed by atoms with E-state index in [0.717, 1.165) is 17.5 Å². The van der Waals surface area contributed by atoms with Crippen molar-refractivity contribution in [3.8, 4) is 5.75 Å². The lowest BCUT2D eigenvalue weighted by Crippen LogP contribution is -2.37. The molecule has 0 saturated carbocycles. The maximum Gasteiger partial charge on any atom is 0.258 e. The molecular weight excluding hydrogens is 316 g/mol. The summed E-state index contributed by atoms with van der Waals surface area (Å²) in [5.74, 6) is 0.500. The summed E-state index contributed by atoms with van der Waals surface area (Å²) in [7, 11) is 1.55. The van der Waals surface area contributed by atoms with Crippen LogP contribution in [0.15, 0.2) is 6.07 Å². The van der Waals surface area contributed by atoms with Gasteiger partial charge in [0.25, 0.3) is 5.91 Å². The molecule has 1 aromatic carbocycles. The summed E-state index contributed by atoms with van der Waals surface area (Å²) in [5, 5.41) is 0.592. The zero-order valence-electron chi connectivity index (χ0n) is 14.1. The fraction of sp³-hybridized carbons (Fsp3) is 0.529. The maximum absolute atomic E-state index is 13.0. The Morgan fingerprint density at radius 2 is 1.74 bits per heavy atom. The van der Waals surface area contributed by atoms with Gasteiger partial charge in [0.15, 0.2) is 0 Å². The van der Waals surface area contributed by atoms with Crippen LogP contribution in [0.4, 0.5) is 0 Å². The summed E-state index contributed by atoms with van der Waals surface area (Å²) in [4.78, 5) is 28.1. The molecule has 0 unspecified atom stereocenters. The van der Waals surface area contributed by atoms with E-state index in [1.54, 1.807) is 29.9 Å². The van der Waals surface area contributed by atoms with E-state index in [4.69, 9.17) is 16.3 Å². The minimum atomic E-state index is -0.0911. The Hall–Kier alpha value is -1.75. The van der Waals surface area contributed by atoms with Crippen molar-refractivity contribution in [2.75, 3.05) is 33.3 Å². The van der Waals surface area contributed by atoms with Gasteiger partial charge in [0.1, 0.15) is 5.75 Å². The second-order valence-corrected chi connectivity index (χ2v) is 6.24. The van der Waals surface area contributed by atoms with Crippen LogP contribution in [0, 0.1) is 13.8 Å². The van der Waals surface area contributed by atoms with Crippen molar-refractivity contribution in [3.63, 3.8) is 0 Å². The number of ether oxygens (including phenoxy) is 1. The van der Waals surface area contributed by atoms with Gasteiger partial charge in [-0.3, -0.25) is 9.59 Å². The second-order valence-electron chi connectivity index (χ2n) is 5.86. The van der Waals surface area contributed by atoms with Crippen LogP contribution in [0.3, 0.4) is 0 Å². The van der Waals surface area contributed by atoms with Crippen molar-refractivity contribution in [3.05, 3.63) is 27.8 Å². The van der Waals surface area contributed by atoms with Gasteiger partial charge in [-0.2, -0.15) is 0 Å². The monoisotopic (exact) mass is 338 g/mol. The van der Waals surface area contributed by atoms with Crippen LogP contribution in [-0.4, -0.2) is 54.9 Å². The number of aryl methyl sites for hydroxylation is 1. The average Bonchev–Trinajstić information content (AvgIpc) is 2.77. The maximum atomic E-state index is 13.0. The molecule has 0 aliphatic carbocycles. The molecule has 1 aromatic rings. The SMILES string of the molecule is COc1cc(C)c(Cl)c(C)c1C(=O)N1CCCN(C(C)=O)CC1. The Labute approximate surface area is 142 Å². The van der Waals surface area contributed by atoms with E-state index in [1.165, 1.54) is 0 Å². The van der Waals surface area contributed by atoms with Gasteiger partial charge in [0.05, 0.1) is 12.7 Å². The summed E-state index contributed by atoms with van der Waals surface area (Å²) < 4.78 is 5.39. The molecule has 0 bridgehead atoms. The molecule has 2 rings (SSSR count). The first-order valence-corrected chi connectivity index (χ1v) is 8.13. The highest BCUT2D eigenvalue weighted by molar-refractivity contribution is 6.32. The molecule has 1 aliphatic heterocycles. The molecule has 23 heavy (non-hydrogen) atoms. The van der Waals surface area contributed by atoms with Crippen molar-refractivity contribution in [1.29, 1.82) is 0 Å². The third-order valence-electron chi connectivity index (χ3n) is 4.31. The van der Waals surface area contributed by atoms with Gasteiger partial charge in [0.2, 0.25) is 5.91 Å². The lowest BCUT2D eigenvalue weighted by atomic mass is 10.0. The normalized spacial score (nSPS) is 15.3. The fourth-order valence-electron chi connectivity index (χ4n) is 2.94. The van der Waals surface area contributed by atoms with Crippen molar-refractivity contribution < 1.29 is 14.3 Å². The van der Waals surface area contributed by atoms with E-state index in [-0.39, 0.29) is 11.8 Å². The van der Waals surface area contributed by atoms with Crippen LogP contribution in [0.5, 0.6) is 5.75 Å². The van der Waals surface area contributed by atoms with Gasteiger partial charge in [-0.25, -0.2) is 0 Å². The van der Waals surface area contributed by atoms with Gasteiger partial charge in [-0.05, 0) is 37.5 Å². The topological polar surface area (TPSA) is 49.9 Å². The Balaban J connectivity index is 2.30. The highest BCUT2D eigenvalue weighted by Crippen LogP contribution is 2.32. The smallest absolute Gasteiger partial charge is 0.258 e.